The van der Waals surface area contributed by atoms with Crippen molar-refractivity contribution in [1.29, 1.82) is 0 Å². The average molecular weight is 308 g/mol. The Morgan fingerprint density at radius 2 is 2.05 bits per heavy atom. The van der Waals surface area contributed by atoms with Crippen molar-refractivity contribution in [3.63, 3.8) is 0 Å². The van der Waals surface area contributed by atoms with E-state index in [1.54, 1.807) is 0 Å². The summed E-state index contributed by atoms with van der Waals surface area (Å²) in [4.78, 5) is 0. The van der Waals surface area contributed by atoms with Crippen LogP contribution in [0.15, 0.2) is 5.16 Å². The number of aromatic nitrogens is 3. The summed E-state index contributed by atoms with van der Waals surface area (Å²) in [5, 5.41) is 13.6. The van der Waals surface area contributed by atoms with Gasteiger partial charge in [0.05, 0.1) is 0 Å². The van der Waals surface area contributed by atoms with Crippen molar-refractivity contribution >= 4 is 11.8 Å². The predicted molar refractivity (Wildman–Crippen MR) is 87.7 cm³/mol. The van der Waals surface area contributed by atoms with E-state index in [0.29, 0.717) is 0 Å². The highest BCUT2D eigenvalue weighted by Crippen LogP contribution is 2.24. The van der Waals surface area contributed by atoms with E-state index in [-0.39, 0.29) is 0 Å². The van der Waals surface area contributed by atoms with Gasteiger partial charge in [0.2, 0.25) is 0 Å². The van der Waals surface area contributed by atoms with Crippen molar-refractivity contribution in [3.05, 3.63) is 5.82 Å². The third-order valence-electron chi connectivity index (χ3n) is 4.93. The zero-order valence-electron chi connectivity index (χ0n) is 13.2. The SMILES string of the molecule is CC1CCCCC1NCCSc1nnc2n1CCCCC2. The molecule has 2 aliphatic rings. The highest BCUT2D eigenvalue weighted by atomic mass is 32.2. The molecule has 118 valence electrons. The average Bonchev–Trinajstić information content (AvgIpc) is 2.73. The second-order valence-corrected chi connectivity index (χ2v) is 7.59. The van der Waals surface area contributed by atoms with Crippen molar-refractivity contribution in [2.24, 2.45) is 5.92 Å². The number of hydrogen-bond donors (Lipinski definition) is 1. The lowest BCUT2D eigenvalue weighted by Crippen LogP contribution is -2.38. The molecule has 2 atom stereocenters. The summed E-state index contributed by atoms with van der Waals surface area (Å²) in [6.07, 6.45) is 10.5. The molecule has 1 aliphatic heterocycles. The van der Waals surface area contributed by atoms with Crippen LogP contribution in [-0.4, -0.2) is 33.1 Å². The summed E-state index contributed by atoms with van der Waals surface area (Å²) >= 11 is 1.87. The lowest BCUT2D eigenvalue weighted by atomic mass is 9.86. The lowest BCUT2D eigenvalue weighted by molar-refractivity contribution is 0.285. The standard InChI is InChI=1S/C16H28N4S/c1-13-7-4-5-8-14(13)17-10-12-21-16-19-18-15-9-3-2-6-11-20(15)16/h13-14,17H,2-12H2,1H3. The maximum absolute atomic E-state index is 4.39. The van der Waals surface area contributed by atoms with Crippen molar-refractivity contribution in [2.75, 3.05) is 12.3 Å². The number of aryl methyl sites for hydroxylation is 1. The fourth-order valence-corrected chi connectivity index (χ4v) is 4.42. The van der Waals surface area contributed by atoms with E-state index in [1.807, 2.05) is 11.8 Å². The van der Waals surface area contributed by atoms with Crippen molar-refractivity contribution in [3.8, 4) is 0 Å². The third kappa shape index (κ3) is 4.01. The highest BCUT2D eigenvalue weighted by Gasteiger charge is 2.20. The first kappa shape index (κ1) is 15.3. The molecule has 0 radical (unpaired) electrons. The first-order valence-electron chi connectivity index (χ1n) is 8.63. The predicted octanol–water partition coefficient (Wildman–Crippen LogP) is 3.26. The molecule has 1 saturated carbocycles. The second-order valence-electron chi connectivity index (χ2n) is 6.53. The summed E-state index contributed by atoms with van der Waals surface area (Å²) in [6.45, 7) is 4.59. The molecule has 5 heteroatoms. The highest BCUT2D eigenvalue weighted by molar-refractivity contribution is 7.99. The van der Waals surface area contributed by atoms with Crippen LogP contribution in [0.2, 0.25) is 0 Å². The molecule has 4 nitrogen and oxygen atoms in total. The van der Waals surface area contributed by atoms with E-state index in [0.717, 1.165) is 42.4 Å². The normalized spacial score (nSPS) is 26.3. The smallest absolute Gasteiger partial charge is 0.191 e. The Balaban J connectivity index is 1.44. The van der Waals surface area contributed by atoms with Crippen LogP contribution in [0.1, 0.15) is 57.7 Å². The van der Waals surface area contributed by atoms with Crippen LogP contribution >= 0.6 is 11.8 Å². The molecule has 2 heterocycles. The molecular formula is C16H28N4S. The van der Waals surface area contributed by atoms with Crippen molar-refractivity contribution in [2.45, 2.75) is 76.0 Å². The van der Waals surface area contributed by atoms with Crippen LogP contribution < -0.4 is 5.32 Å². The zero-order valence-corrected chi connectivity index (χ0v) is 14.0. The molecule has 0 aromatic carbocycles. The zero-order chi connectivity index (χ0) is 14.5. The van der Waals surface area contributed by atoms with Gasteiger partial charge in [-0.3, -0.25) is 0 Å². The maximum atomic E-state index is 4.39. The second kappa shape index (κ2) is 7.63. The number of nitrogens with zero attached hydrogens (tertiary/aromatic N) is 3. The van der Waals surface area contributed by atoms with Gasteiger partial charge in [0, 0.05) is 31.3 Å². The largest absolute Gasteiger partial charge is 0.313 e. The number of hydrogen-bond acceptors (Lipinski definition) is 4. The van der Waals surface area contributed by atoms with Gasteiger partial charge in [0.1, 0.15) is 5.82 Å². The Morgan fingerprint density at radius 1 is 1.14 bits per heavy atom. The number of nitrogens with one attached hydrogen (secondary N) is 1. The first-order valence-corrected chi connectivity index (χ1v) is 9.61. The number of fused-ring (bicyclic) bond motifs is 1. The fraction of sp³-hybridized carbons (Fsp3) is 0.875. The Morgan fingerprint density at radius 3 is 2.95 bits per heavy atom. The maximum Gasteiger partial charge on any atom is 0.191 e. The molecule has 21 heavy (non-hydrogen) atoms. The van der Waals surface area contributed by atoms with Crippen LogP contribution in [-0.2, 0) is 13.0 Å². The molecule has 1 aromatic heterocycles. The summed E-state index contributed by atoms with van der Waals surface area (Å²) in [5.74, 6) is 3.14. The van der Waals surface area contributed by atoms with E-state index in [2.05, 4.69) is 27.0 Å². The topological polar surface area (TPSA) is 42.7 Å². The lowest BCUT2D eigenvalue weighted by Gasteiger charge is -2.29. The van der Waals surface area contributed by atoms with E-state index in [1.165, 1.54) is 50.8 Å². The van der Waals surface area contributed by atoms with Crippen molar-refractivity contribution in [1.82, 2.24) is 20.1 Å². The molecule has 1 fully saturated rings. The third-order valence-corrected chi connectivity index (χ3v) is 5.90. The van der Waals surface area contributed by atoms with Gasteiger partial charge >= 0.3 is 0 Å². The van der Waals surface area contributed by atoms with Crippen LogP contribution in [0.5, 0.6) is 0 Å². The van der Waals surface area contributed by atoms with E-state index in [4.69, 9.17) is 0 Å². The molecule has 0 amide bonds. The number of rotatable bonds is 5. The summed E-state index contributed by atoms with van der Waals surface area (Å²) < 4.78 is 2.35. The molecule has 3 rings (SSSR count). The van der Waals surface area contributed by atoms with E-state index < -0.39 is 0 Å². The summed E-state index contributed by atoms with van der Waals surface area (Å²) in [6, 6.07) is 0.731. The molecular weight excluding hydrogens is 280 g/mol. The Hall–Kier alpha value is -0.550. The minimum absolute atomic E-state index is 0.731. The molecule has 0 bridgehead atoms. The molecule has 1 N–H and O–H groups in total. The van der Waals surface area contributed by atoms with Gasteiger partial charge < -0.3 is 9.88 Å². The Labute approximate surface area is 132 Å². The van der Waals surface area contributed by atoms with E-state index >= 15 is 0 Å². The van der Waals surface area contributed by atoms with Gasteiger partial charge in [-0.15, -0.1) is 10.2 Å². The van der Waals surface area contributed by atoms with Crippen LogP contribution in [0.4, 0.5) is 0 Å². The number of thioether (sulfide) groups is 1. The quantitative estimate of drug-likeness (QED) is 0.670. The minimum atomic E-state index is 0.731. The monoisotopic (exact) mass is 308 g/mol. The minimum Gasteiger partial charge on any atom is -0.313 e. The first-order chi connectivity index (χ1) is 10.3. The van der Waals surface area contributed by atoms with Gasteiger partial charge in [-0.25, -0.2) is 0 Å². The molecule has 2 unspecified atom stereocenters. The summed E-state index contributed by atoms with van der Waals surface area (Å²) in [5.41, 5.74) is 0. The van der Waals surface area contributed by atoms with Gasteiger partial charge in [-0.2, -0.15) is 0 Å². The van der Waals surface area contributed by atoms with Gasteiger partial charge in [0.25, 0.3) is 0 Å². The van der Waals surface area contributed by atoms with E-state index in [9.17, 15) is 0 Å². The molecule has 1 aromatic rings. The molecule has 1 aliphatic carbocycles. The Bertz CT molecular complexity index is 445. The Kier molecular flexibility index (Phi) is 5.58. The summed E-state index contributed by atoms with van der Waals surface area (Å²) in [7, 11) is 0. The van der Waals surface area contributed by atoms with Gasteiger partial charge in [0.15, 0.2) is 5.16 Å². The van der Waals surface area contributed by atoms with Crippen LogP contribution in [0.3, 0.4) is 0 Å². The van der Waals surface area contributed by atoms with Crippen LogP contribution in [0.25, 0.3) is 0 Å². The van der Waals surface area contributed by atoms with Crippen LogP contribution in [0, 0.1) is 5.92 Å². The van der Waals surface area contributed by atoms with Gasteiger partial charge in [-0.1, -0.05) is 37.9 Å². The fourth-order valence-electron chi connectivity index (χ4n) is 3.57. The van der Waals surface area contributed by atoms with Gasteiger partial charge in [-0.05, 0) is 31.6 Å². The molecule has 0 saturated heterocycles. The molecule has 0 spiro atoms. The van der Waals surface area contributed by atoms with Crippen molar-refractivity contribution < 1.29 is 0 Å².